The van der Waals surface area contributed by atoms with Gasteiger partial charge in [0.25, 0.3) is 5.56 Å². The SMILES string of the molecule is COc1cccc([C@H]2C3=C(CC(C)(C)CC3=O)Nc3c2c(=O)n(C)c(=O)n3C)c1. The van der Waals surface area contributed by atoms with E-state index in [4.69, 9.17) is 4.74 Å². The molecule has 2 heterocycles. The summed E-state index contributed by atoms with van der Waals surface area (Å²) in [6, 6.07) is 7.41. The van der Waals surface area contributed by atoms with Crippen LogP contribution in [0.2, 0.25) is 0 Å². The van der Waals surface area contributed by atoms with Gasteiger partial charge >= 0.3 is 5.69 Å². The molecule has 0 amide bonds. The van der Waals surface area contributed by atoms with Gasteiger partial charge in [-0.15, -0.1) is 0 Å². The van der Waals surface area contributed by atoms with Crippen LogP contribution >= 0.6 is 0 Å². The van der Waals surface area contributed by atoms with Gasteiger partial charge in [-0.1, -0.05) is 26.0 Å². The molecule has 1 aromatic heterocycles. The highest BCUT2D eigenvalue weighted by molar-refractivity contribution is 6.01. The Bertz CT molecular complexity index is 1180. The van der Waals surface area contributed by atoms with Crippen molar-refractivity contribution in [1.29, 1.82) is 0 Å². The number of benzene rings is 1. The number of fused-ring (bicyclic) bond motifs is 1. The van der Waals surface area contributed by atoms with Crippen LogP contribution in [0, 0.1) is 5.41 Å². The van der Waals surface area contributed by atoms with Crippen LogP contribution in [-0.2, 0) is 18.9 Å². The van der Waals surface area contributed by atoms with Crippen LogP contribution in [0.3, 0.4) is 0 Å². The fourth-order valence-corrected chi connectivity index (χ4v) is 4.50. The predicted molar refractivity (Wildman–Crippen MR) is 110 cm³/mol. The quantitative estimate of drug-likeness (QED) is 0.844. The predicted octanol–water partition coefficient (Wildman–Crippen LogP) is 2.29. The lowest BCUT2D eigenvalue weighted by Crippen LogP contribution is -2.45. The van der Waals surface area contributed by atoms with Gasteiger partial charge in [0.2, 0.25) is 0 Å². The number of hydrogen-bond acceptors (Lipinski definition) is 5. The van der Waals surface area contributed by atoms with Gasteiger partial charge in [-0.05, 0) is 29.5 Å². The van der Waals surface area contributed by atoms with Gasteiger partial charge in [-0.25, -0.2) is 4.79 Å². The molecule has 152 valence electrons. The molecule has 0 unspecified atom stereocenters. The lowest BCUT2D eigenvalue weighted by Gasteiger charge is -2.39. The van der Waals surface area contributed by atoms with Crippen molar-refractivity contribution in [2.24, 2.45) is 19.5 Å². The number of nitrogens with zero attached hydrogens (tertiary/aromatic N) is 2. The number of carbonyl (C=O) groups is 1. The summed E-state index contributed by atoms with van der Waals surface area (Å²) >= 11 is 0. The molecule has 0 bridgehead atoms. The summed E-state index contributed by atoms with van der Waals surface area (Å²) in [4.78, 5) is 39.0. The first-order valence-corrected chi connectivity index (χ1v) is 9.62. The summed E-state index contributed by atoms with van der Waals surface area (Å²) in [5.41, 5.74) is 1.61. The number of carbonyl (C=O) groups excluding carboxylic acids is 1. The van der Waals surface area contributed by atoms with Crippen molar-refractivity contribution in [1.82, 2.24) is 9.13 Å². The van der Waals surface area contributed by atoms with Crippen molar-refractivity contribution in [3.63, 3.8) is 0 Å². The zero-order valence-corrected chi connectivity index (χ0v) is 17.3. The van der Waals surface area contributed by atoms with Gasteiger partial charge in [0.1, 0.15) is 11.6 Å². The molecule has 1 aliphatic heterocycles. The Kier molecular flexibility index (Phi) is 4.29. The highest BCUT2D eigenvalue weighted by Gasteiger charge is 2.42. The summed E-state index contributed by atoms with van der Waals surface area (Å²) in [6.07, 6.45) is 1.08. The third kappa shape index (κ3) is 2.92. The van der Waals surface area contributed by atoms with E-state index in [1.165, 1.54) is 11.6 Å². The van der Waals surface area contributed by atoms with E-state index in [9.17, 15) is 14.4 Å². The van der Waals surface area contributed by atoms with E-state index in [-0.39, 0.29) is 11.2 Å². The van der Waals surface area contributed by atoms with E-state index in [0.717, 1.165) is 15.8 Å². The Balaban J connectivity index is 2.07. The van der Waals surface area contributed by atoms with Crippen molar-refractivity contribution >= 4 is 11.6 Å². The van der Waals surface area contributed by atoms with Gasteiger partial charge in [0, 0.05) is 37.7 Å². The molecule has 0 fully saturated rings. The van der Waals surface area contributed by atoms with Crippen LogP contribution in [-0.4, -0.2) is 22.0 Å². The number of anilines is 1. The highest BCUT2D eigenvalue weighted by atomic mass is 16.5. The van der Waals surface area contributed by atoms with Gasteiger partial charge < -0.3 is 10.1 Å². The first-order chi connectivity index (χ1) is 13.6. The minimum atomic E-state index is -0.551. The zero-order chi connectivity index (χ0) is 21.1. The number of aromatic nitrogens is 2. The molecule has 7 heteroatoms. The number of hydrogen-bond donors (Lipinski definition) is 1. The lowest BCUT2D eigenvalue weighted by atomic mass is 9.69. The smallest absolute Gasteiger partial charge is 0.332 e. The van der Waals surface area contributed by atoms with E-state index in [0.29, 0.717) is 35.5 Å². The second-order valence-electron chi connectivity index (χ2n) is 8.64. The Labute approximate surface area is 168 Å². The average Bonchev–Trinajstić information content (AvgIpc) is 2.68. The number of ketones is 1. The number of rotatable bonds is 2. The molecule has 1 aromatic carbocycles. The molecular formula is C22H25N3O4. The molecule has 1 atom stereocenters. The van der Waals surface area contributed by atoms with Crippen molar-refractivity contribution in [3.05, 3.63) is 67.5 Å². The molecule has 0 spiro atoms. The molecule has 2 aromatic rings. The van der Waals surface area contributed by atoms with Gasteiger partial charge in [-0.2, -0.15) is 0 Å². The summed E-state index contributed by atoms with van der Waals surface area (Å²) in [5, 5.41) is 3.27. The molecule has 0 saturated carbocycles. The highest BCUT2D eigenvalue weighted by Crippen LogP contribution is 2.47. The van der Waals surface area contributed by atoms with Crippen LogP contribution in [0.4, 0.5) is 5.82 Å². The van der Waals surface area contributed by atoms with Crippen molar-refractivity contribution in [3.8, 4) is 5.75 Å². The maximum Gasteiger partial charge on any atom is 0.332 e. The molecule has 1 N–H and O–H groups in total. The molecule has 7 nitrogen and oxygen atoms in total. The number of ether oxygens (including phenoxy) is 1. The minimum absolute atomic E-state index is 0.0260. The topological polar surface area (TPSA) is 82.3 Å². The average molecular weight is 395 g/mol. The number of methoxy groups -OCH3 is 1. The first kappa shape index (κ1) is 19.2. The summed E-state index contributed by atoms with van der Waals surface area (Å²) in [7, 11) is 4.68. The Hall–Kier alpha value is -3.09. The van der Waals surface area contributed by atoms with Crippen LogP contribution in [0.1, 0.15) is 43.7 Å². The number of Topliss-reactive ketones (excluding diaryl/α,β-unsaturated/α-hetero) is 1. The number of nitrogens with one attached hydrogen (secondary N) is 1. The van der Waals surface area contributed by atoms with Crippen LogP contribution in [0.5, 0.6) is 5.75 Å². The summed E-state index contributed by atoms with van der Waals surface area (Å²) in [6.45, 7) is 4.10. The van der Waals surface area contributed by atoms with Crippen molar-refractivity contribution in [2.75, 3.05) is 12.4 Å². The van der Waals surface area contributed by atoms with Crippen molar-refractivity contribution < 1.29 is 9.53 Å². The Morgan fingerprint density at radius 2 is 1.83 bits per heavy atom. The number of allylic oxidation sites excluding steroid dienone is 2. The largest absolute Gasteiger partial charge is 0.497 e. The fourth-order valence-electron chi connectivity index (χ4n) is 4.50. The Morgan fingerprint density at radius 1 is 1.10 bits per heavy atom. The normalized spacial score (nSPS) is 20.0. The second kappa shape index (κ2) is 6.47. The fraction of sp³-hybridized carbons (Fsp3) is 0.409. The Morgan fingerprint density at radius 3 is 2.52 bits per heavy atom. The molecule has 0 radical (unpaired) electrons. The first-order valence-electron chi connectivity index (χ1n) is 9.62. The molecular weight excluding hydrogens is 370 g/mol. The standard InChI is InChI=1S/C22H25N3O4/c1-22(2)10-14-17(15(26)11-22)16(12-7-6-8-13(9-12)29-5)18-19(23-14)24(3)21(28)25(4)20(18)27/h6-9,16,23H,10-11H2,1-5H3/t16-/m0/s1. The van der Waals surface area contributed by atoms with Crippen LogP contribution < -0.4 is 21.3 Å². The molecule has 0 saturated heterocycles. The van der Waals surface area contributed by atoms with E-state index < -0.39 is 17.2 Å². The van der Waals surface area contributed by atoms with E-state index in [2.05, 4.69) is 19.2 Å². The molecule has 2 aliphatic rings. The zero-order valence-electron chi connectivity index (χ0n) is 17.3. The van der Waals surface area contributed by atoms with E-state index >= 15 is 0 Å². The van der Waals surface area contributed by atoms with E-state index in [1.807, 2.05) is 24.3 Å². The minimum Gasteiger partial charge on any atom is -0.497 e. The van der Waals surface area contributed by atoms with E-state index in [1.54, 1.807) is 14.2 Å². The second-order valence-corrected chi connectivity index (χ2v) is 8.64. The van der Waals surface area contributed by atoms with Crippen LogP contribution in [0.25, 0.3) is 0 Å². The third-order valence-corrected chi connectivity index (χ3v) is 5.89. The van der Waals surface area contributed by atoms with Gasteiger partial charge in [0.05, 0.1) is 12.7 Å². The van der Waals surface area contributed by atoms with Crippen LogP contribution in [0.15, 0.2) is 45.1 Å². The lowest BCUT2D eigenvalue weighted by molar-refractivity contribution is -0.118. The maximum absolute atomic E-state index is 13.2. The monoisotopic (exact) mass is 395 g/mol. The summed E-state index contributed by atoms with van der Waals surface area (Å²) < 4.78 is 7.91. The van der Waals surface area contributed by atoms with Gasteiger partial charge in [0.15, 0.2) is 5.78 Å². The van der Waals surface area contributed by atoms with Crippen molar-refractivity contribution in [2.45, 2.75) is 32.6 Å². The molecule has 1 aliphatic carbocycles. The maximum atomic E-state index is 13.2. The third-order valence-electron chi connectivity index (χ3n) is 5.89. The van der Waals surface area contributed by atoms with Gasteiger partial charge in [-0.3, -0.25) is 18.7 Å². The summed E-state index contributed by atoms with van der Waals surface area (Å²) in [5.74, 6) is 0.578. The molecule has 4 rings (SSSR count). The molecule has 29 heavy (non-hydrogen) atoms.